The van der Waals surface area contributed by atoms with Gasteiger partial charge in [-0.05, 0) is 42.0 Å². The second-order valence-corrected chi connectivity index (χ2v) is 6.13. The van der Waals surface area contributed by atoms with Gasteiger partial charge in [0.25, 0.3) is 5.91 Å². The van der Waals surface area contributed by atoms with Gasteiger partial charge in [0.1, 0.15) is 23.9 Å². The highest BCUT2D eigenvalue weighted by atomic mass is 19.1. The average Bonchev–Trinajstić information content (AvgIpc) is 2.74. The predicted octanol–water partition coefficient (Wildman–Crippen LogP) is 4.26. The number of carbonyl (C=O) groups is 2. The van der Waals surface area contributed by atoms with Gasteiger partial charge in [0, 0.05) is 11.1 Å². The highest BCUT2D eigenvalue weighted by molar-refractivity contribution is 6.02. The van der Waals surface area contributed by atoms with E-state index in [2.05, 4.69) is 5.32 Å². The normalized spacial score (nSPS) is 11.0. The molecule has 1 amide bonds. The van der Waals surface area contributed by atoms with Crippen LogP contribution in [0, 0.1) is 5.82 Å². The summed E-state index contributed by atoms with van der Waals surface area (Å²) >= 11 is 0. The van der Waals surface area contributed by atoms with Gasteiger partial charge in [0.2, 0.25) is 0 Å². The lowest BCUT2D eigenvalue weighted by Gasteiger charge is -2.08. The molecule has 146 valence electrons. The van der Waals surface area contributed by atoms with Crippen LogP contribution in [0.3, 0.4) is 0 Å². The molecule has 3 rings (SSSR count). The van der Waals surface area contributed by atoms with Crippen LogP contribution in [0.4, 0.5) is 4.39 Å². The second kappa shape index (κ2) is 9.32. The van der Waals surface area contributed by atoms with Crippen molar-refractivity contribution in [2.24, 2.45) is 0 Å². The number of hydrogen-bond donors (Lipinski definition) is 2. The summed E-state index contributed by atoms with van der Waals surface area (Å²) in [4.78, 5) is 23.7. The summed E-state index contributed by atoms with van der Waals surface area (Å²) in [7, 11) is 0. The highest BCUT2D eigenvalue weighted by Crippen LogP contribution is 2.17. The zero-order chi connectivity index (χ0) is 20.6. The van der Waals surface area contributed by atoms with Crippen LogP contribution in [0.2, 0.25) is 0 Å². The third-order valence-electron chi connectivity index (χ3n) is 4.06. The number of carbonyl (C=O) groups excluding carboxylic acids is 1. The maximum atomic E-state index is 13.6. The van der Waals surface area contributed by atoms with Gasteiger partial charge in [-0.3, -0.25) is 4.79 Å². The molecular weight excluding hydrogens is 373 g/mol. The van der Waals surface area contributed by atoms with Crippen molar-refractivity contribution >= 4 is 18.0 Å². The largest absolute Gasteiger partial charge is 0.489 e. The lowest BCUT2D eigenvalue weighted by molar-refractivity contribution is -0.132. The summed E-state index contributed by atoms with van der Waals surface area (Å²) in [6.45, 7) is 0.0787. The van der Waals surface area contributed by atoms with E-state index in [1.54, 1.807) is 72.8 Å². The molecule has 3 aromatic carbocycles. The average molecular weight is 391 g/mol. The van der Waals surface area contributed by atoms with E-state index in [0.29, 0.717) is 22.4 Å². The Hall–Kier alpha value is -3.93. The fraction of sp³-hybridized carbons (Fsp3) is 0.0435. The Kier molecular flexibility index (Phi) is 6.37. The second-order valence-electron chi connectivity index (χ2n) is 6.13. The molecule has 3 aromatic rings. The molecule has 0 fully saturated rings. The van der Waals surface area contributed by atoms with Gasteiger partial charge in [0.15, 0.2) is 0 Å². The molecule has 0 saturated heterocycles. The predicted molar refractivity (Wildman–Crippen MR) is 107 cm³/mol. The van der Waals surface area contributed by atoms with E-state index in [-0.39, 0.29) is 18.1 Å². The van der Waals surface area contributed by atoms with E-state index in [0.717, 1.165) is 0 Å². The van der Waals surface area contributed by atoms with Gasteiger partial charge < -0.3 is 15.2 Å². The number of hydrogen-bond acceptors (Lipinski definition) is 3. The summed E-state index contributed by atoms with van der Waals surface area (Å²) in [6, 6.07) is 21.3. The highest BCUT2D eigenvalue weighted by Gasteiger charge is 2.13. The van der Waals surface area contributed by atoms with E-state index in [1.165, 1.54) is 12.1 Å². The van der Waals surface area contributed by atoms with E-state index in [9.17, 15) is 19.1 Å². The summed E-state index contributed by atoms with van der Waals surface area (Å²) < 4.78 is 19.2. The van der Waals surface area contributed by atoms with Crippen molar-refractivity contribution in [2.45, 2.75) is 6.61 Å². The fourth-order valence-electron chi connectivity index (χ4n) is 2.54. The van der Waals surface area contributed by atoms with Crippen LogP contribution in [0.15, 0.2) is 84.6 Å². The number of carboxylic acid groups (broad SMARTS) is 1. The molecular formula is C23H18FNO4. The number of amides is 1. The van der Waals surface area contributed by atoms with E-state index >= 15 is 0 Å². The first-order chi connectivity index (χ1) is 14.0. The molecule has 0 unspecified atom stereocenters. The van der Waals surface area contributed by atoms with Crippen molar-refractivity contribution in [2.75, 3.05) is 0 Å². The number of halogens is 1. The van der Waals surface area contributed by atoms with Crippen LogP contribution in [-0.2, 0) is 11.4 Å². The molecule has 0 aliphatic rings. The number of nitrogens with one attached hydrogen (secondary N) is 1. The topological polar surface area (TPSA) is 75.6 Å². The van der Waals surface area contributed by atoms with E-state index < -0.39 is 11.9 Å². The van der Waals surface area contributed by atoms with Crippen LogP contribution in [-0.4, -0.2) is 17.0 Å². The molecule has 0 atom stereocenters. The first-order valence-electron chi connectivity index (χ1n) is 8.80. The Morgan fingerprint density at radius 3 is 2.24 bits per heavy atom. The molecule has 0 bridgehead atoms. The Balaban J connectivity index is 1.68. The minimum atomic E-state index is -1.26. The standard InChI is InChI=1S/C23H18FNO4/c24-20-9-5-4-8-18(20)15-29-19-12-10-16(11-13-19)14-21(23(27)28)25-22(26)17-6-2-1-3-7-17/h1-14H,15H2,(H,25,26)(H,27,28). The molecule has 0 heterocycles. The van der Waals surface area contributed by atoms with E-state index in [4.69, 9.17) is 4.74 Å². The number of rotatable bonds is 7. The first-order valence-corrected chi connectivity index (χ1v) is 8.80. The lowest BCUT2D eigenvalue weighted by Crippen LogP contribution is -2.27. The van der Waals surface area contributed by atoms with Gasteiger partial charge in [-0.25, -0.2) is 9.18 Å². The maximum absolute atomic E-state index is 13.6. The summed E-state index contributed by atoms with van der Waals surface area (Å²) in [5.41, 5.74) is 1.11. The number of benzene rings is 3. The third-order valence-corrected chi connectivity index (χ3v) is 4.06. The molecule has 0 saturated carbocycles. The van der Waals surface area contributed by atoms with Crippen LogP contribution >= 0.6 is 0 Å². The number of carboxylic acids is 1. The molecule has 0 aliphatic carbocycles. The third kappa shape index (κ3) is 5.52. The van der Waals surface area contributed by atoms with Gasteiger partial charge in [-0.1, -0.05) is 48.5 Å². The van der Waals surface area contributed by atoms with E-state index in [1.807, 2.05) is 0 Å². The molecule has 0 radical (unpaired) electrons. The van der Waals surface area contributed by atoms with Crippen LogP contribution in [0.5, 0.6) is 5.75 Å². The Morgan fingerprint density at radius 1 is 0.931 bits per heavy atom. The Labute approximate surface area is 167 Å². The quantitative estimate of drug-likeness (QED) is 0.590. The van der Waals surface area contributed by atoms with Crippen LogP contribution in [0.25, 0.3) is 6.08 Å². The van der Waals surface area contributed by atoms with Gasteiger partial charge >= 0.3 is 5.97 Å². The summed E-state index contributed by atoms with van der Waals surface area (Å²) in [5.74, 6) is -1.60. The molecule has 6 heteroatoms. The van der Waals surface area contributed by atoms with Gasteiger partial charge in [-0.15, -0.1) is 0 Å². The zero-order valence-electron chi connectivity index (χ0n) is 15.3. The molecule has 0 aromatic heterocycles. The van der Waals surface area contributed by atoms with Crippen molar-refractivity contribution in [1.29, 1.82) is 0 Å². The molecule has 29 heavy (non-hydrogen) atoms. The molecule has 2 N–H and O–H groups in total. The number of aliphatic carboxylic acids is 1. The zero-order valence-corrected chi connectivity index (χ0v) is 15.3. The van der Waals surface area contributed by atoms with Crippen LogP contribution in [0.1, 0.15) is 21.5 Å². The van der Waals surface area contributed by atoms with Crippen molar-refractivity contribution < 1.29 is 23.8 Å². The van der Waals surface area contributed by atoms with Crippen molar-refractivity contribution in [3.05, 3.63) is 107 Å². The van der Waals surface area contributed by atoms with Crippen LogP contribution < -0.4 is 10.1 Å². The maximum Gasteiger partial charge on any atom is 0.352 e. The fourth-order valence-corrected chi connectivity index (χ4v) is 2.54. The lowest BCUT2D eigenvalue weighted by atomic mass is 10.1. The Bertz CT molecular complexity index is 1030. The number of ether oxygens (including phenoxy) is 1. The monoisotopic (exact) mass is 391 g/mol. The van der Waals surface area contributed by atoms with Gasteiger partial charge in [-0.2, -0.15) is 0 Å². The summed E-state index contributed by atoms with van der Waals surface area (Å²) in [5, 5.41) is 11.8. The SMILES string of the molecule is O=C(O)C(=Cc1ccc(OCc2ccccc2F)cc1)NC(=O)c1ccccc1. The van der Waals surface area contributed by atoms with Gasteiger partial charge in [0.05, 0.1) is 0 Å². The van der Waals surface area contributed by atoms with Crippen molar-refractivity contribution in [3.8, 4) is 5.75 Å². The smallest absolute Gasteiger partial charge is 0.352 e. The van der Waals surface area contributed by atoms with Crippen molar-refractivity contribution in [1.82, 2.24) is 5.32 Å². The minimum absolute atomic E-state index is 0.0787. The molecule has 5 nitrogen and oxygen atoms in total. The Morgan fingerprint density at radius 2 is 1.59 bits per heavy atom. The summed E-state index contributed by atoms with van der Waals surface area (Å²) in [6.07, 6.45) is 1.35. The molecule has 0 spiro atoms. The molecule has 0 aliphatic heterocycles. The first kappa shape index (κ1) is 19.8. The minimum Gasteiger partial charge on any atom is -0.489 e. The van der Waals surface area contributed by atoms with Crippen molar-refractivity contribution in [3.63, 3.8) is 0 Å².